The minimum absolute atomic E-state index is 0.226. The van der Waals surface area contributed by atoms with Gasteiger partial charge in [0.25, 0.3) is 11.8 Å². The van der Waals surface area contributed by atoms with E-state index in [2.05, 4.69) is 10.3 Å². The summed E-state index contributed by atoms with van der Waals surface area (Å²) in [5, 5.41) is 2.95. The van der Waals surface area contributed by atoms with Crippen molar-refractivity contribution in [1.82, 2.24) is 5.32 Å². The van der Waals surface area contributed by atoms with Gasteiger partial charge in [0.05, 0.1) is 11.5 Å². The first kappa shape index (κ1) is 11.0. The van der Waals surface area contributed by atoms with Crippen LogP contribution in [-0.2, 0) is 9.59 Å². The van der Waals surface area contributed by atoms with Crippen LogP contribution in [0.1, 0.15) is 12.5 Å². The van der Waals surface area contributed by atoms with Gasteiger partial charge in [-0.15, -0.1) is 0 Å². The number of nitrogens with one attached hydrogen (secondary N) is 1. The molecule has 2 amide bonds. The molecule has 0 aliphatic carbocycles. The highest BCUT2D eigenvalue weighted by atomic mass is 16.2. The van der Waals surface area contributed by atoms with Gasteiger partial charge in [0, 0.05) is 0 Å². The molecule has 5 nitrogen and oxygen atoms in total. The Morgan fingerprint density at radius 2 is 2.00 bits per heavy atom. The summed E-state index contributed by atoms with van der Waals surface area (Å²) in [5.41, 5.74) is 1.63. The number of amides is 2. The molecule has 1 N–H and O–H groups in total. The number of carbonyl (C=O) groups is 2. The molecule has 0 bridgehead atoms. The molecule has 3 rings (SSSR count). The molecular formula is C13H13N3O2. The Labute approximate surface area is 105 Å². The van der Waals surface area contributed by atoms with Crippen LogP contribution in [0.15, 0.2) is 29.3 Å². The van der Waals surface area contributed by atoms with Crippen LogP contribution < -0.4 is 10.2 Å². The fraction of sp³-hybridized carbons (Fsp3) is 0.308. The summed E-state index contributed by atoms with van der Waals surface area (Å²) in [6.45, 7) is 3.69. The summed E-state index contributed by atoms with van der Waals surface area (Å²) in [4.78, 5) is 29.8. The first-order valence-corrected chi connectivity index (χ1v) is 5.83. The lowest BCUT2D eigenvalue weighted by molar-refractivity contribution is -0.121. The molecule has 2 aliphatic rings. The van der Waals surface area contributed by atoms with Gasteiger partial charge >= 0.3 is 0 Å². The SMILES string of the molecule is CC1=N[C@@H]2C(=O)N(c3cccc(C)c3)C(=O)[C@@H]2N1. The molecule has 1 aromatic carbocycles. The lowest BCUT2D eigenvalue weighted by atomic mass is 10.2. The second-order valence-corrected chi connectivity index (χ2v) is 4.63. The predicted octanol–water partition coefficient (Wildman–Crippen LogP) is 0.627. The minimum atomic E-state index is -0.599. The number of benzene rings is 1. The molecule has 92 valence electrons. The first-order valence-electron chi connectivity index (χ1n) is 5.83. The van der Waals surface area contributed by atoms with Gasteiger partial charge in [0.2, 0.25) is 0 Å². The molecule has 2 atom stereocenters. The largest absolute Gasteiger partial charge is 0.360 e. The number of imide groups is 1. The highest BCUT2D eigenvalue weighted by Gasteiger charge is 2.51. The van der Waals surface area contributed by atoms with Crippen LogP contribution in [0.4, 0.5) is 5.69 Å². The molecule has 0 saturated carbocycles. The normalized spacial score (nSPS) is 26.1. The molecule has 18 heavy (non-hydrogen) atoms. The Kier molecular flexibility index (Phi) is 2.23. The molecule has 2 aliphatic heterocycles. The highest BCUT2D eigenvalue weighted by Crippen LogP contribution is 2.27. The zero-order valence-corrected chi connectivity index (χ0v) is 10.2. The zero-order valence-electron chi connectivity index (χ0n) is 10.2. The van der Waals surface area contributed by atoms with Crippen LogP contribution in [0, 0.1) is 6.92 Å². The monoisotopic (exact) mass is 243 g/mol. The van der Waals surface area contributed by atoms with E-state index >= 15 is 0 Å². The van der Waals surface area contributed by atoms with Crippen LogP contribution >= 0.6 is 0 Å². The van der Waals surface area contributed by atoms with E-state index in [9.17, 15) is 9.59 Å². The van der Waals surface area contributed by atoms with Crippen LogP contribution in [0.25, 0.3) is 0 Å². The van der Waals surface area contributed by atoms with Crippen molar-refractivity contribution in [2.75, 3.05) is 4.90 Å². The van der Waals surface area contributed by atoms with Crippen molar-refractivity contribution in [1.29, 1.82) is 0 Å². The van der Waals surface area contributed by atoms with Crippen molar-refractivity contribution in [3.05, 3.63) is 29.8 Å². The molecule has 5 heteroatoms. The number of rotatable bonds is 1. The lowest BCUT2D eigenvalue weighted by Gasteiger charge is -2.15. The molecular weight excluding hydrogens is 230 g/mol. The van der Waals surface area contributed by atoms with E-state index in [0.29, 0.717) is 11.5 Å². The second kappa shape index (κ2) is 3.66. The average Bonchev–Trinajstić information content (AvgIpc) is 2.79. The summed E-state index contributed by atoms with van der Waals surface area (Å²) in [6, 6.07) is 6.22. The number of anilines is 1. The quantitative estimate of drug-likeness (QED) is 0.736. The van der Waals surface area contributed by atoms with Crippen molar-refractivity contribution < 1.29 is 9.59 Å². The topological polar surface area (TPSA) is 61.8 Å². The maximum Gasteiger partial charge on any atom is 0.261 e. The number of hydrogen-bond acceptors (Lipinski definition) is 4. The van der Waals surface area contributed by atoms with Crippen LogP contribution in [0.3, 0.4) is 0 Å². The number of carbonyl (C=O) groups excluding carboxylic acids is 2. The summed E-state index contributed by atoms with van der Waals surface area (Å²) in [6.07, 6.45) is 0. The van der Waals surface area contributed by atoms with E-state index in [0.717, 1.165) is 5.56 Å². The molecule has 1 fully saturated rings. The summed E-state index contributed by atoms with van der Waals surface area (Å²) < 4.78 is 0. The molecule has 0 radical (unpaired) electrons. The van der Waals surface area contributed by atoms with E-state index in [1.54, 1.807) is 13.0 Å². The number of nitrogens with zero attached hydrogens (tertiary/aromatic N) is 2. The zero-order chi connectivity index (χ0) is 12.9. The minimum Gasteiger partial charge on any atom is -0.360 e. The lowest BCUT2D eigenvalue weighted by Crippen LogP contribution is -2.39. The van der Waals surface area contributed by atoms with Gasteiger partial charge in [0.15, 0.2) is 6.04 Å². The molecule has 2 heterocycles. The highest BCUT2D eigenvalue weighted by molar-refractivity contribution is 6.27. The average molecular weight is 243 g/mol. The smallest absolute Gasteiger partial charge is 0.261 e. The first-order chi connectivity index (χ1) is 8.58. The van der Waals surface area contributed by atoms with E-state index in [-0.39, 0.29) is 11.8 Å². The number of amidine groups is 1. The van der Waals surface area contributed by atoms with Crippen molar-refractivity contribution in [3.63, 3.8) is 0 Å². The number of aryl methyl sites for hydroxylation is 1. The third-order valence-corrected chi connectivity index (χ3v) is 3.23. The molecule has 1 saturated heterocycles. The third kappa shape index (κ3) is 1.44. The van der Waals surface area contributed by atoms with Crippen LogP contribution in [0.5, 0.6) is 0 Å². The maximum atomic E-state index is 12.2. The predicted molar refractivity (Wildman–Crippen MR) is 67.5 cm³/mol. The fourth-order valence-corrected chi connectivity index (χ4v) is 2.42. The molecule has 0 spiro atoms. The fourth-order valence-electron chi connectivity index (χ4n) is 2.42. The Morgan fingerprint density at radius 3 is 2.67 bits per heavy atom. The molecule has 0 aromatic heterocycles. The second-order valence-electron chi connectivity index (χ2n) is 4.63. The number of fused-ring (bicyclic) bond motifs is 1. The molecule has 1 aromatic rings. The summed E-state index contributed by atoms with van der Waals surface area (Å²) in [5.74, 6) is 0.173. The standard InChI is InChI=1S/C13H13N3O2/c1-7-4-3-5-9(6-7)16-12(17)10-11(13(16)18)15-8(2)14-10/h3-6,10-11H,1-2H3,(H,14,15)/t10-,11+. The Morgan fingerprint density at radius 1 is 1.22 bits per heavy atom. The van der Waals surface area contributed by atoms with Crippen molar-refractivity contribution >= 4 is 23.3 Å². The third-order valence-electron chi connectivity index (χ3n) is 3.23. The van der Waals surface area contributed by atoms with Crippen molar-refractivity contribution in [2.24, 2.45) is 4.99 Å². The van der Waals surface area contributed by atoms with Gasteiger partial charge in [-0.25, -0.2) is 4.90 Å². The van der Waals surface area contributed by atoms with Gasteiger partial charge in [-0.1, -0.05) is 12.1 Å². The van der Waals surface area contributed by atoms with Gasteiger partial charge in [0.1, 0.15) is 6.04 Å². The van der Waals surface area contributed by atoms with Crippen LogP contribution in [0.2, 0.25) is 0 Å². The number of aliphatic imine (C=N–C) groups is 1. The summed E-state index contributed by atoms with van der Waals surface area (Å²) in [7, 11) is 0. The summed E-state index contributed by atoms with van der Waals surface area (Å²) >= 11 is 0. The van der Waals surface area contributed by atoms with E-state index in [1.807, 2.05) is 25.1 Å². The van der Waals surface area contributed by atoms with E-state index in [4.69, 9.17) is 0 Å². The van der Waals surface area contributed by atoms with Gasteiger partial charge in [-0.05, 0) is 31.5 Å². The van der Waals surface area contributed by atoms with Gasteiger partial charge < -0.3 is 5.32 Å². The van der Waals surface area contributed by atoms with Crippen LogP contribution in [-0.4, -0.2) is 29.7 Å². The van der Waals surface area contributed by atoms with E-state index < -0.39 is 12.1 Å². The van der Waals surface area contributed by atoms with Crippen molar-refractivity contribution in [3.8, 4) is 0 Å². The molecule has 0 unspecified atom stereocenters. The maximum absolute atomic E-state index is 12.2. The van der Waals surface area contributed by atoms with Crippen molar-refractivity contribution in [2.45, 2.75) is 25.9 Å². The van der Waals surface area contributed by atoms with Gasteiger partial charge in [-0.2, -0.15) is 0 Å². The number of hydrogen-bond donors (Lipinski definition) is 1. The Hall–Kier alpha value is -2.17. The van der Waals surface area contributed by atoms with E-state index in [1.165, 1.54) is 4.90 Å². The Balaban J connectivity index is 2.00. The van der Waals surface area contributed by atoms with Gasteiger partial charge in [-0.3, -0.25) is 14.6 Å². The Bertz CT molecular complexity index is 579.